The van der Waals surface area contributed by atoms with Crippen LogP contribution in [0.3, 0.4) is 0 Å². The maximum absolute atomic E-state index is 12.0. The zero-order valence-corrected chi connectivity index (χ0v) is 12.6. The minimum atomic E-state index is -3.37. The number of sulfone groups is 1. The van der Waals surface area contributed by atoms with Gasteiger partial charge in [0, 0.05) is 5.33 Å². The summed E-state index contributed by atoms with van der Waals surface area (Å²) in [6.45, 7) is 3.21. The highest BCUT2D eigenvalue weighted by molar-refractivity contribution is 9.09. The van der Waals surface area contributed by atoms with Gasteiger partial charge in [-0.15, -0.1) is 0 Å². The van der Waals surface area contributed by atoms with Crippen molar-refractivity contribution < 1.29 is 18.6 Å². The summed E-state index contributed by atoms with van der Waals surface area (Å²) < 4.78 is 24.0. The van der Waals surface area contributed by atoms with Crippen LogP contribution in [0.1, 0.15) is 25.5 Å². The molecule has 0 aliphatic carbocycles. The Kier molecular flexibility index (Phi) is 5.33. The SMILES string of the molecule is CC(C)S(=O)(=O)c1cccc(C(O)C(O)CBr)c1. The Hall–Kier alpha value is -0.430. The fourth-order valence-corrected chi connectivity index (χ4v) is 2.92. The first kappa shape index (κ1) is 15.6. The smallest absolute Gasteiger partial charge is 0.180 e. The predicted molar refractivity (Wildman–Crippen MR) is 73.5 cm³/mol. The third-order valence-corrected chi connectivity index (χ3v) is 5.49. The van der Waals surface area contributed by atoms with Gasteiger partial charge < -0.3 is 10.2 Å². The Labute approximate surface area is 116 Å². The van der Waals surface area contributed by atoms with E-state index in [1.807, 2.05) is 0 Å². The molecule has 0 fully saturated rings. The topological polar surface area (TPSA) is 74.6 Å². The van der Waals surface area contributed by atoms with Crippen molar-refractivity contribution in [2.45, 2.75) is 36.2 Å². The Morgan fingerprint density at radius 3 is 2.39 bits per heavy atom. The number of hydrogen-bond donors (Lipinski definition) is 2. The molecule has 2 unspecified atom stereocenters. The average molecular weight is 337 g/mol. The summed E-state index contributed by atoms with van der Waals surface area (Å²) in [5, 5.41) is 19.1. The zero-order valence-electron chi connectivity index (χ0n) is 10.2. The number of hydrogen-bond acceptors (Lipinski definition) is 4. The molecule has 4 nitrogen and oxygen atoms in total. The Balaban J connectivity index is 3.15. The molecule has 102 valence electrons. The van der Waals surface area contributed by atoms with E-state index in [4.69, 9.17) is 0 Å². The molecule has 0 aliphatic heterocycles. The van der Waals surface area contributed by atoms with Crippen molar-refractivity contribution in [2.24, 2.45) is 0 Å². The second-order valence-electron chi connectivity index (χ2n) is 4.33. The number of halogens is 1. The van der Waals surface area contributed by atoms with Crippen LogP contribution < -0.4 is 0 Å². The molecule has 0 radical (unpaired) electrons. The van der Waals surface area contributed by atoms with E-state index in [1.165, 1.54) is 12.1 Å². The molecule has 0 saturated heterocycles. The molecule has 1 rings (SSSR count). The average Bonchev–Trinajstić information content (AvgIpc) is 2.36. The van der Waals surface area contributed by atoms with Crippen molar-refractivity contribution in [3.8, 4) is 0 Å². The number of alkyl halides is 1. The molecule has 0 aromatic heterocycles. The minimum Gasteiger partial charge on any atom is -0.389 e. The zero-order chi connectivity index (χ0) is 13.9. The Morgan fingerprint density at radius 1 is 1.28 bits per heavy atom. The molecule has 0 saturated carbocycles. The van der Waals surface area contributed by atoms with Gasteiger partial charge in [0.2, 0.25) is 0 Å². The number of rotatable bonds is 5. The summed E-state index contributed by atoms with van der Waals surface area (Å²) in [7, 11) is -3.37. The Bertz CT molecular complexity index is 499. The molecule has 0 aliphatic rings. The predicted octanol–water partition coefficient (Wildman–Crippen LogP) is 1.66. The molecule has 0 spiro atoms. The molecule has 1 aromatic rings. The van der Waals surface area contributed by atoms with Crippen LogP contribution in [0, 0.1) is 0 Å². The van der Waals surface area contributed by atoms with E-state index in [9.17, 15) is 18.6 Å². The van der Waals surface area contributed by atoms with Gasteiger partial charge >= 0.3 is 0 Å². The lowest BCUT2D eigenvalue weighted by Crippen LogP contribution is -2.20. The molecule has 18 heavy (non-hydrogen) atoms. The van der Waals surface area contributed by atoms with E-state index in [0.717, 1.165) is 0 Å². The molecule has 2 N–H and O–H groups in total. The molecule has 0 bridgehead atoms. The van der Waals surface area contributed by atoms with Crippen LogP contribution in [0.5, 0.6) is 0 Å². The van der Waals surface area contributed by atoms with Crippen molar-refractivity contribution in [2.75, 3.05) is 5.33 Å². The first-order chi connectivity index (χ1) is 8.30. The van der Waals surface area contributed by atoms with Crippen molar-refractivity contribution in [1.82, 2.24) is 0 Å². The van der Waals surface area contributed by atoms with Crippen molar-refractivity contribution in [1.29, 1.82) is 0 Å². The van der Waals surface area contributed by atoms with Crippen molar-refractivity contribution in [3.05, 3.63) is 29.8 Å². The van der Waals surface area contributed by atoms with E-state index in [1.54, 1.807) is 26.0 Å². The molecule has 1 aromatic carbocycles. The third-order valence-electron chi connectivity index (χ3n) is 2.67. The third kappa shape index (κ3) is 3.32. The fourth-order valence-electron chi connectivity index (χ4n) is 1.45. The van der Waals surface area contributed by atoms with Crippen LogP contribution in [0.2, 0.25) is 0 Å². The maximum atomic E-state index is 12.0. The van der Waals surface area contributed by atoms with Crippen LogP contribution in [-0.2, 0) is 9.84 Å². The van der Waals surface area contributed by atoms with Crippen LogP contribution >= 0.6 is 15.9 Å². The van der Waals surface area contributed by atoms with Gasteiger partial charge in [0.25, 0.3) is 0 Å². The highest BCUT2D eigenvalue weighted by Crippen LogP contribution is 2.23. The van der Waals surface area contributed by atoms with Gasteiger partial charge in [-0.2, -0.15) is 0 Å². The molecular formula is C12H17BrO4S. The van der Waals surface area contributed by atoms with Crippen LogP contribution in [0.15, 0.2) is 29.2 Å². The number of benzene rings is 1. The van der Waals surface area contributed by atoms with E-state index in [-0.39, 0.29) is 10.2 Å². The molecule has 0 amide bonds. The second kappa shape index (κ2) is 6.14. The quantitative estimate of drug-likeness (QED) is 0.802. The summed E-state index contributed by atoms with van der Waals surface area (Å²) in [6, 6.07) is 6.06. The van der Waals surface area contributed by atoms with Crippen molar-refractivity contribution in [3.63, 3.8) is 0 Å². The van der Waals surface area contributed by atoms with Gasteiger partial charge in [0.1, 0.15) is 6.10 Å². The summed E-state index contributed by atoms with van der Waals surface area (Å²) in [5.74, 6) is 0. The van der Waals surface area contributed by atoms with Gasteiger partial charge in [-0.05, 0) is 31.5 Å². The largest absolute Gasteiger partial charge is 0.389 e. The first-order valence-corrected chi connectivity index (χ1v) is 8.23. The lowest BCUT2D eigenvalue weighted by Gasteiger charge is -2.17. The first-order valence-electron chi connectivity index (χ1n) is 5.56. The van der Waals surface area contributed by atoms with Gasteiger partial charge in [0.15, 0.2) is 9.84 Å². The lowest BCUT2D eigenvalue weighted by atomic mass is 10.1. The van der Waals surface area contributed by atoms with Crippen LogP contribution in [0.25, 0.3) is 0 Å². The number of aliphatic hydroxyl groups excluding tert-OH is 2. The highest BCUT2D eigenvalue weighted by atomic mass is 79.9. The van der Waals surface area contributed by atoms with Gasteiger partial charge in [-0.1, -0.05) is 28.1 Å². The van der Waals surface area contributed by atoms with E-state index in [2.05, 4.69) is 15.9 Å². The normalized spacial score (nSPS) is 15.7. The second-order valence-corrected chi connectivity index (χ2v) is 7.48. The van der Waals surface area contributed by atoms with Crippen LogP contribution in [0.4, 0.5) is 0 Å². The highest BCUT2D eigenvalue weighted by Gasteiger charge is 2.22. The van der Waals surface area contributed by atoms with Crippen LogP contribution in [-0.4, -0.2) is 35.3 Å². The van der Waals surface area contributed by atoms with Gasteiger partial charge in [-0.25, -0.2) is 8.42 Å². The summed E-state index contributed by atoms with van der Waals surface area (Å²) in [5.41, 5.74) is 0.392. The maximum Gasteiger partial charge on any atom is 0.180 e. The van der Waals surface area contributed by atoms with Crippen molar-refractivity contribution >= 4 is 25.8 Å². The van der Waals surface area contributed by atoms with E-state index < -0.39 is 27.3 Å². The number of aliphatic hydroxyl groups is 2. The standard InChI is InChI=1S/C12H17BrO4S/c1-8(2)18(16,17)10-5-3-4-9(6-10)12(15)11(14)7-13/h3-6,8,11-12,14-15H,7H2,1-2H3. The summed E-state index contributed by atoms with van der Waals surface area (Å²) >= 11 is 3.07. The Morgan fingerprint density at radius 2 is 1.89 bits per heavy atom. The molecule has 6 heteroatoms. The molecule has 2 atom stereocenters. The molecule has 0 heterocycles. The minimum absolute atomic E-state index is 0.163. The van der Waals surface area contributed by atoms with E-state index >= 15 is 0 Å². The fraction of sp³-hybridized carbons (Fsp3) is 0.500. The van der Waals surface area contributed by atoms with Gasteiger partial charge in [0.05, 0.1) is 16.2 Å². The lowest BCUT2D eigenvalue weighted by molar-refractivity contribution is 0.0341. The van der Waals surface area contributed by atoms with E-state index in [0.29, 0.717) is 5.56 Å². The summed E-state index contributed by atoms with van der Waals surface area (Å²) in [4.78, 5) is 0.163. The summed E-state index contributed by atoms with van der Waals surface area (Å²) in [6.07, 6.45) is -2.08. The molecular weight excluding hydrogens is 320 g/mol. The monoisotopic (exact) mass is 336 g/mol. The van der Waals surface area contributed by atoms with Gasteiger partial charge in [-0.3, -0.25) is 0 Å².